The van der Waals surface area contributed by atoms with E-state index in [4.69, 9.17) is 28.3 Å². The number of halogens is 2. The van der Waals surface area contributed by atoms with Gasteiger partial charge in [-0.2, -0.15) is 0 Å². The van der Waals surface area contributed by atoms with Crippen molar-refractivity contribution in [2.24, 2.45) is 0 Å². The quantitative estimate of drug-likeness (QED) is 0.754. The predicted octanol–water partition coefficient (Wildman–Crippen LogP) is 3.05. The second-order valence-corrected chi connectivity index (χ2v) is 5.09. The molecule has 0 aliphatic rings. The van der Waals surface area contributed by atoms with Gasteiger partial charge >= 0.3 is 12.0 Å². The summed E-state index contributed by atoms with van der Waals surface area (Å²) in [6.45, 7) is 2.04. The van der Waals surface area contributed by atoms with E-state index in [-0.39, 0.29) is 6.54 Å². The summed E-state index contributed by atoms with van der Waals surface area (Å²) in [4.78, 5) is 22.5. The Morgan fingerprint density at radius 2 is 2.05 bits per heavy atom. The van der Waals surface area contributed by atoms with E-state index < -0.39 is 18.0 Å². The standard InChI is InChI=1S/C13H16Cl2N2O3/c1-2-3-11(12(18)19)17-13(20)16-7-8-4-5-9(14)6-10(8)15/h4-6,11H,2-3,7H2,1H3,(H,18,19)(H2,16,17,20). The van der Waals surface area contributed by atoms with Gasteiger partial charge in [-0.3, -0.25) is 0 Å². The van der Waals surface area contributed by atoms with E-state index in [0.29, 0.717) is 28.5 Å². The van der Waals surface area contributed by atoms with Gasteiger partial charge in [0.2, 0.25) is 0 Å². The maximum atomic E-state index is 11.6. The van der Waals surface area contributed by atoms with Crippen molar-refractivity contribution in [1.29, 1.82) is 0 Å². The summed E-state index contributed by atoms with van der Waals surface area (Å²) >= 11 is 11.7. The molecule has 1 rings (SSSR count). The van der Waals surface area contributed by atoms with Crippen LogP contribution in [0.4, 0.5) is 4.79 Å². The lowest BCUT2D eigenvalue weighted by Crippen LogP contribution is -2.45. The van der Waals surface area contributed by atoms with Gasteiger partial charge in [0.1, 0.15) is 6.04 Å². The van der Waals surface area contributed by atoms with Gasteiger partial charge < -0.3 is 15.7 Å². The molecule has 0 aliphatic carbocycles. The van der Waals surface area contributed by atoms with Crippen LogP contribution in [0.1, 0.15) is 25.3 Å². The van der Waals surface area contributed by atoms with Crippen molar-refractivity contribution in [2.75, 3.05) is 0 Å². The van der Waals surface area contributed by atoms with E-state index in [1.54, 1.807) is 18.2 Å². The fourth-order valence-corrected chi connectivity index (χ4v) is 2.07. The molecule has 20 heavy (non-hydrogen) atoms. The molecule has 0 aromatic heterocycles. The molecule has 3 N–H and O–H groups in total. The number of urea groups is 1. The molecule has 1 unspecified atom stereocenters. The highest BCUT2D eigenvalue weighted by Gasteiger charge is 2.18. The number of amides is 2. The monoisotopic (exact) mass is 318 g/mol. The first-order chi connectivity index (χ1) is 9.43. The van der Waals surface area contributed by atoms with Crippen molar-refractivity contribution in [3.63, 3.8) is 0 Å². The lowest BCUT2D eigenvalue weighted by molar-refractivity contribution is -0.139. The third-order valence-electron chi connectivity index (χ3n) is 2.64. The van der Waals surface area contributed by atoms with E-state index >= 15 is 0 Å². The molecule has 7 heteroatoms. The SMILES string of the molecule is CCCC(NC(=O)NCc1ccc(Cl)cc1Cl)C(=O)O. The van der Waals surface area contributed by atoms with Gasteiger partial charge in [0.15, 0.2) is 0 Å². The van der Waals surface area contributed by atoms with Crippen LogP contribution in [-0.2, 0) is 11.3 Å². The molecule has 0 heterocycles. The zero-order valence-corrected chi connectivity index (χ0v) is 12.5. The van der Waals surface area contributed by atoms with E-state index in [1.807, 2.05) is 6.92 Å². The summed E-state index contributed by atoms with van der Waals surface area (Å²) in [6.07, 6.45) is 1.05. The van der Waals surface area contributed by atoms with Gasteiger partial charge in [-0.1, -0.05) is 42.6 Å². The minimum absolute atomic E-state index is 0.195. The molecule has 0 spiro atoms. The fraction of sp³-hybridized carbons (Fsp3) is 0.385. The van der Waals surface area contributed by atoms with Gasteiger partial charge in [0.25, 0.3) is 0 Å². The second kappa shape index (κ2) is 7.97. The van der Waals surface area contributed by atoms with Crippen molar-refractivity contribution in [3.05, 3.63) is 33.8 Å². The van der Waals surface area contributed by atoms with E-state index in [2.05, 4.69) is 10.6 Å². The Balaban J connectivity index is 2.52. The molecule has 110 valence electrons. The molecule has 1 atom stereocenters. The van der Waals surface area contributed by atoms with Crippen molar-refractivity contribution < 1.29 is 14.7 Å². The lowest BCUT2D eigenvalue weighted by atomic mass is 10.2. The molecule has 0 aliphatic heterocycles. The Bertz CT molecular complexity index is 495. The zero-order valence-electron chi connectivity index (χ0n) is 11.0. The molecular weight excluding hydrogens is 303 g/mol. The predicted molar refractivity (Wildman–Crippen MR) is 78.2 cm³/mol. The Labute approximate surface area is 127 Å². The molecule has 0 saturated heterocycles. The van der Waals surface area contributed by atoms with Gasteiger partial charge in [-0.05, 0) is 24.1 Å². The first kappa shape index (κ1) is 16.6. The van der Waals surface area contributed by atoms with Gasteiger partial charge in [-0.25, -0.2) is 9.59 Å². The Morgan fingerprint density at radius 1 is 1.35 bits per heavy atom. The number of hydrogen-bond donors (Lipinski definition) is 3. The smallest absolute Gasteiger partial charge is 0.326 e. The zero-order chi connectivity index (χ0) is 15.1. The largest absolute Gasteiger partial charge is 0.480 e. The Morgan fingerprint density at radius 3 is 2.60 bits per heavy atom. The summed E-state index contributed by atoms with van der Waals surface area (Å²) in [5.41, 5.74) is 0.702. The normalized spacial score (nSPS) is 11.8. The number of rotatable bonds is 6. The number of benzene rings is 1. The van der Waals surface area contributed by atoms with Crippen LogP contribution in [0.5, 0.6) is 0 Å². The Kier molecular flexibility index (Phi) is 6.61. The number of aliphatic carboxylic acids is 1. The second-order valence-electron chi connectivity index (χ2n) is 4.24. The minimum Gasteiger partial charge on any atom is -0.480 e. The third kappa shape index (κ3) is 5.27. The maximum absolute atomic E-state index is 11.6. The topological polar surface area (TPSA) is 78.4 Å². The van der Waals surface area contributed by atoms with Crippen LogP contribution in [0.15, 0.2) is 18.2 Å². The highest BCUT2D eigenvalue weighted by Crippen LogP contribution is 2.20. The van der Waals surface area contributed by atoms with Crippen molar-refractivity contribution >= 4 is 35.2 Å². The summed E-state index contributed by atoms with van der Waals surface area (Å²) in [7, 11) is 0. The van der Waals surface area contributed by atoms with Gasteiger partial charge in [0, 0.05) is 16.6 Å². The van der Waals surface area contributed by atoms with E-state index in [9.17, 15) is 9.59 Å². The minimum atomic E-state index is -1.05. The van der Waals surface area contributed by atoms with Crippen LogP contribution in [-0.4, -0.2) is 23.1 Å². The molecular formula is C13H16Cl2N2O3. The highest BCUT2D eigenvalue weighted by molar-refractivity contribution is 6.35. The Hall–Kier alpha value is -1.46. The van der Waals surface area contributed by atoms with Gasteiger partial charge in [0.05, 0.1) is 0 Å². The third-order valence-corrected chi connectivity index (χ3v) is 3.22. The number of carboxylic acids is 1. The van der Waals surface area contributed by atoms with Crippen LogP contribution >= 0.6 is 23.2 Å². The maximum Gasteiger partial charge on any atom is 0.326 e. The summed E-state index contributed by atoms with van der Waals surface area (Å²) in [5, 5.41) is 14.9. The lowest BCUT2D eigenvalue weighted by Gasteiger charge is -2.14. The molecule has 5 nitrogen and oxygen atoms in total. The number of carbonyl (C=O) groups is 2. The number of carboxylic acid groups (broad SMARTS) is 1. The molecule has 1 aromatic carbocycles. The van der Waals surface area contributed by atoms with Crippen LogP contribution in [0, 0.1) is 0 Å². The first-order valence-corrected chi connectivity index (χ1v) is 6.90. The summed E-state index contributed by atoms with van der Waals surface area (Å²) < 4.78 is 0. The molecule has 0 radical (unpaired) electrons. The average molecular weight is 319 g/mol. The summed E-state index contributed by atoms with van der Waals surface area (Å²) in [6, 6.07) is 3.51. The van der Waals surface area contributed by atoms with Crippen LogP contribution < -0.4 is 10.6 Å². The van der Waals surface area contributed by atoms with Crippen LogP contribution in [0.3, 0.4) is 0 Å². The van der Waals surface area contributed by atoms with Crippen LogP contribution in [0.2, 0.25) is 10.0 Å². The van der Waals surface area contributed by atoms with Crippen LogP contribution in [0.25, 0.3) is 0 Å². The van der Waals surface area contributed by atoms with Crippen molar-refractivity contribution in [3.8, 4) is 0 Å². The number of carbonyl (C=O) groups excluding carboxylic acids is 1. The highest BCUT2D eigenvalue weighted by atomic mass is 35.5. The average Bonchev–Trinajstić information content (AvgIpc) is 2.37. The molecule has 1 aromatic rings. The molecule has 0 fully saturated rings. The van der Waals surface area contributed by atoms with E-state index in [0.717, 1.165) is 0 Å². The van der Waals surface area contributed by atoms with Crippen molar-refractivity contribution in [2.45, 2.75) is 32.4 Å². The summed E-state index contributed by atoms with van der Waals surface area (Å²) in [5.74, 6) is -1.05. The van der Waals surface area contributed by atoms with Gasteiger partial charge in [-0.15, -0.1) is 0 Å². The number of hydrogen-bond acceptors (Lipinski definition) is 2. The first-order valence-electron chi connectivity index (χ1n) is 6.15. The fourth-order valence-electron chi connectivity index (χ4n) is 1.60. The molecule has 0 saturated carbocycles. The molecule has 2 amide bonds. The van der Waals surface area contributed by atoms with E-state index in [1.165, 1.54) is 0 Å². The molecule has 0 bridgehead atoms. The van der Waals surface area contributed by atoms with Crippen molar-refractivity contribution in [1.82, 2.24) is 10.6 Å². The number of nitrogens with one attached hydrogen (secondary N) is 2.